The predicted octanol–water partition coefficient (Wildman–Crippen LogP) is 5.05. The van der Waals surface area contributed by atoms with Crippen LogP contribution in [0, 0.1) is 0 Å². The highest BCUT2D eigenvalue weighted by Gasteiger charge is 2.23. The number of H-pyrrole nitrogens is 1. The second-order valence-corrected chi connectivity index (χ2v) is 8.44. The van der Waals surface area contributed by atoms with Crippen LogP contribution in [0.1, 0.15) is 23.0 Å². The van der Waals surface area contributed by atoms with E-state index in [9.17, 15) is 4.79 Å². The Morgan fingerprint density at radius 2 is 1.78 bits per heavy atom. The van der Waals surface area contributed by atoms with E-state index in [1.807, 2.05) is 41.3 Å². The van der Waals surface area contributed by atoms with Gasteiger partial charge in [-0.3, -0.25) is 4.79 Å². The van der Waals surface area contributed by atoms with Crippen LogP contribution in [-0.4, -0.2) is 35.1 Å². The van der Waals surface area contributed by atoms with Gasteiger partial charge in [0.1, 0.15) is 18.1 Å². The van der Waals surface area contributed by atoms with Crippen LogP contribution in [0.2, 0.25) is 0 Å². The minimum absolute atomic E-state index is 0.00940. The fourth-order valence-corrected chi connectivity index (χ4v) is 4.58. The molecule has 0 saturated carbocycles. The fourth-order valence-electron chi connectivity index (χ4n) is 4.58. The average molecular weight is 425 g/mol. The number of anilines is 2. The number of amides is 1. The Hall–Kier alpha value is -3.93. The molecule has 6 nitrogen and oxygen atoms in total. The zero-order chi connectivity index (χ0) is 21.7. The molecular formula is C26H24N4O2. The highest BCUT2D eigenvalue weighted by atomic mass is 16.5. The molecule has 0 bridgehead atoms. The Labute approximate surface area is 186 Å². The van der Waals surface area contributed by atoms with Crippen LogP contribution in [0.15, 0.2) is 66.7 Å². The lowest BCUT2D eigenvalue weighted by atomic mass is 10.0. The summed E-state index contributed by atoms with van der Waals surface area (Å²) in [5.41, 5.74) is 7.07. The van der Waals surface area contributed by atoms with E-state index in [2.05, 4.69) is 52.9 Å². The van der Waals surface area contributed by atoms with Crippen LogP contribution in [0.3, 0.4) is 0 Å². The van der Waals surface area contributed by atoms with Crippen LogP contribution in [-0.2, 0) is 6.54 Å². The van der Waals surface area contributed by atoms with E-state index in [0.29, 0.717) is 25.4 Å². The van der Waals surface area contributed by atoms with E-state index in [1.54, 1.807) is 0 Å². The third-order valence-electron chi connectivity index (χ3n) is 6.18. The SMILES string of the molecule is CC1Nc2ccc(-c3ccc4c(c3)CN(C(=O)c3cc5ccccc5[nH]3)CCO4)cc2N1. The van der Waals surface area contributed by atoms with Crippen LogP contribution in [0.4, 0.5) is 11.4 Å². The number of nitrogens with zero attached hydrogens (tertiary/aromatic N) is 1. The number of hydrogen-bond acceptors (Lipinski definition) is 4. The number of hydrogen-bond donors (Lipinski definition) is 3. The predicted molar refractivity (Wildman–Crippen MR) is 127 cm³/mol. The molecular weight excluding hydrogens is 400 g/mol. The molecule has 3 aromatic carbocycles. The summed E-state index contributed by atoms with van der Waals surface area (Å²) >= 11 is 0. The standard InChI is InChI=1S/C26H24N4O2/c1-16-27-22-8-6-18(13-23(22)28-16)17-7-9-25-20(12-17)15-30(10-11-32-25)26(31)24-14-19-4-2-3-5-21(19)29-24/h2-9,12-14,16,27-29H,10-11,15H2,1H3. The number of benzene rings is 3. The third-order valence-corrected chi connectivity index (χ3v) is 6.18. The lowest BCUT2D eigenvalue weighted by Gasteiger charge is -2.19. The maximum absolute atomic E-state index is 13.3. The molecule has 6 heteroatoms. The summed E-state index contributed by atoms with van der Waals surface area (Å²) in [5, 5.41) is 7.88. The third kappa shape index (κ3) is 3.24. The number of nitrogens with one attached hydrogen (secondary N) is 3. The van der Waals surface area contributed by atoms with Crippen molar-refractivity contribution in [3.05, 3.63) is 78.0 Å². The number of para-hydroxylation sites is 1. The molecule has 2 aliphatic heterocycles. The highest BCUT2D eigenvalue weighted by molar-refractivity contribution is 5.98. The van der Waals surface area contributed by atoms with E-state index in [1.165, 1.54) is 0 Å². The molecule has 1 amide bonds. The van der Waals surface area contributed by atoms with Crippen molar-refractivity contribution < 1.29 is 9.53 Å². The summed E-state index contributed by atoms with van der Waals surface area (Å²) in [6.45, 7) is 3.63. The first-order valence-electron chi connectivity index (χ1n) is 10.9. The molecule has 0 saturated heterocycles. The molecule has 2 aliphatic rings. The van der Waals surface area contributed by atoms with Crippen molar-refractivity contribution in [3.8, 4) is 16.9 Å². The van der Waals surface area contributed by atoms with Crippen molar-refractivity contribution in [2.75, 3.05) is 23.8 Å². The molecule has 0 radical (unpaired) electrons. The van der Waals surface area contributed by atoms with Gasteiger partial charge in [0.15, 0.2) is 0 Å². The van der Waals surface area contributed by atoms with Gasteiger partial charge in [-0.15, -0.1) is 0 Å². The smallest absolute Gasteiger partial charge is 0.270 e. The van der Waals surface area contributed by atoms with E-state index >= 15 is 0 Å². The van der Waals surface area contributed by atoms with Gasteiger partial charge in [-0.05, 0) is 54.4 Å². The minimum atomic E-state index is -0.00940. The minimum Gasteiger partial charge on any atom is -0.491 e. The molecule has 6 rings (SSSR count). The van der Waals surface area contributed by atoms with Gasteiger partial charge in [0, 0.05) is 23.0 Å². The normalized spacial score (nSPS) is 17.0. The monoisotopic (exact) mass is 424 g/mol. The second kappa shape index (κ2) is 7.34. The van der Waals surface area contributed by atoms with Gasteiger partial charge >= 0.3 is 0 Å². The van der Waals surface area contributed by atoms with Gasteiger partial charge in [0.05, 0.1) is 24.1 Å². The van der Waals surface area contributed by atoms with E-state index in [-0.39, 0.29) is 12.1 Å². The van der Waals surface area contributed by atoms with E-state index < -0.39 is 0 Å². The van der Waals surface area contributed by atoms with Gasteiger partial charge in [0.25, 0.3) is 5.91 Å². The molecule has 0 fully saturated rings. The van der Waals surface area contributed by atoms with Crippen molar-refractivity contribution in [1.29, 1.82) is 0 Å². The summed E-state index contributed by atoms with van der Waals surface area (Å²) in [5.74, 6) is 0.833. The highest BCUT2D eigenvalue weighted by Crippen LogP contribution is 2.35. The molecule has 3 heterocycles. The van der Waals surface area contributed by atoms with Crippen LogP contribution in [0.5, 0.6) is 5.75 Å². The summed E-state index contributed by atoms with van der Waals surface area (Å²) < 4.78 is 5.98. The lowest BCUT2D eigenvalue weighted by molar-refractivity contribution is 0.0728. The Morgan fingerprint density at radius 1 is 0.969 bits per heavy atom. The van der Waals surface area contributed by atoms with E-state index in [0.717, 1.165) is 44.7 Å². The van der Waals surface area contributed by atoms with Gasteiger partial charge in [-0.25, -0.2) is 0 Å². The largest absolute Gasteiger partial charge is 0.491 e. The van der Waals surface area contributed by atoms with Crippen molar-refractivity contribution >= 4 is 28.2 Å². The van der Waals surface area contributed by atoms with Crippen molar-refractivity contribution in [2.24, 2.45) is 0 Å². The zero-order valence-corrected chi connectivity index (χ0v) is 17.8. The summed E-state index contributed by atoms with van der Waals surface area (Å²) in [6.07, 6.45) is 0.227. The van der Waals surface area contributed by atoms with Gasteiger partial charge in [-0.1, -0.05) is 30.3 Å². The topological polar surface area (TPSA) is 69.4 Å². The quantitative estimate of drug-likeness (QED) is 0.421. The van der Waals surface area contributed by atoms with Crippen molar-refractivity contribution in [3.63, 3.8) is 0 Å². The molecule has 160 valence electrons. The average Bonchev–Trinajstić information content (AvgIpc) is 3.33. The first-order chi connectivity index (χ1) is 15.6. The number of aromatic nitrogens is 1. The zero-order valence-electron chi connectivity index (χ0n) is 17.8. The Balaban J connectivity index is 1.30. The first-order valence-corrected chi connectivity index (χ1v) is 10.9. The van der Waals surface area contributed by atoms with Crippen molar-refractivity contribution in [1.82, 2.24) is 9.88 Å². The maximum Gasteiger partial charge on any atom is 0.270 e. The number of carbonyl (C=O) groups is 1. The Bertz CT molecular complexity index is 1310. The molecule has 0 spiro atoms. The molecule has 1 atom stereocenters. The second-order valence-electron chi connectivity index (χ2n) is 8.44. The summed E-state index contributed by atoms with van der Waals surface area (Å²) in [6, 6.07) is 22.5. The Kier molecular flexibility index (Phi) is 4.31. The molecule has 1 aromatic heterocycles. The molecule has 0 aliphatic carbocycles. The van der Waals surface area contributed by atoms with Gasteiger partial charge in [-0.2, -0.15) is 0 Å². The van der Waals surface area contributed by atoms with Crippen LogP contribution < -0.4 is 15.4 Å². The lowest BCUT2D eigenvalue weighted by Crippen LogP contribution is -2.32. The van der Waals surface area contributed by atoms with Gasteiger partial charge < -0.3 is 25.3 Å². The number of ether oxygens (including phenoxy) is 1. The molecule has 1 unspecified atom stereocenters. The fraction of sp³-hybridized carbons (Fsp3) is 0.192. The van der Waals surface area contributed by atoms with Gasteiger partial charge in [0.2, 0.25) is 0 Å². The van der Waals surface area contributed by atoms with Crippen molar-refractivity contribution in [2.45, 2.75) is 19.6 Å². The van der Waals surface area contributed by atoms with Crippen LogP contribution in [0.25, 0.3) is 22.0 Å². The maximum atomic E-state index is 13.3. The summed E-state index contributed by atoms with van der Waals surface area (Å²) in [4.78, 5) is 18.4. The number of carbonyl (C=O) groups excluding carboxylic acids is 1. The van der Waals surface area contributed by atoms with E-state index in [4.69, 9.17) is 4.74 Å². The first kappa shape index (κ1) is 18.8. The van der Waals surface area contributed by atoms with Crippen LogP contribution >= 0.6 is 0 Å². The molecule has 4 aromatic rings. The summed E-state index contributed by atoms with van der Waals surface area (Å²) in [7, 11) is 0. The number of aromatic amines is 1. The number of rotatable bonds is 2. The molecule has 32 heavy (non-hydrogen) atoms. The molecule has 3 N–H and O–H groups in total. The number of fused-ring (bicyclic) bond motifs is 3. The Morgan fingerprint density at radius 3 is 2.69 bits per heavy atom.